The SMILES string of the molecule is COc1c(C)c(C)cc(C)c1C(C)(C)C(=O)NN. The van der Waals surface area contributed by atoms with Gasteiger partial charge in [0.05, 0.1) is 12.5 Å². The van der Waals surface area contributed by atoms with Gasteiger partial charge in [0.15, 0.2) is 0 Å². The van der Waals surface area contributed by atoms with Crippen molar-refractivity contribution in [3.8, 4) is 5.75 Å². The number of carbonyl (C=O) groups is 1. The van der Waals surface area contributed by atoms with Crippen LogP contribution < -0.4 is 16.0 Å². The van der Waals surface area contributed by atoms with Crippen molar-refractivity contribution in [1.29, 1.82) is 0 Å². The summed E-state index contributed by atoms with van der Waals surface area (Å²) < 4.78 is 5.50. The van der Waals surface area contributed by atoms with Crippen molar-refractivity contribution in [3.05, 3.63) is 28.3 Å². The standard InChI is InChI=1S/C14H22N2O2/c1-8-7-9(2)11(12(18-6)10(8)3)14(4,5)13(17)16-15/h7H,15H2,1-6H3,(H,16,17). The van der Waals surface area contributed by atoms with Gasteiger partial charge in [-0.05, 0) is 51.3 Å². The molecule has 0 spiro atoms. The van der Waals surface area contributed by atoms with Gasteiger partial charge in [-0.3, -0.25) is 10.2 Å². The molecular formula is C14H22N2O2. The average molecular weight is 250 g/mol. The highest BCUT2D eigenvalue weighted by Gasteiger charge is 2.34. The number of methoxy groups -OCH3 is 1. The van der Waals surface area contributed by atoms with Crippen LogP contribution >= 0.6 is 0 Å². The number of carbonyl (C=O) groups excluding carboxylic acids is 1. The lowest BCUT2D eigenvalue weighted by Gasteiger charge is -2.28. The highest BCUT2D eigenvalue weighted by atomic mass is 16.5. The minimum atomic E-state index is -0.733. The van der Waals surface area contributed by atoms with E-state index >= 15 is 0 Å². The predicted molar refractivity (Wildman–Crippen MR) is 72.6 cm³/mol. The first-order chi connectivity index (χ1) is 8.27. The van der Waals surface area contributed by atoms with E-state index in [4.69, 9.17) is 10.6 Å². The Morgan fingerprint density at radius 3 is 2.28 bits per heavy atom. The van der Waals surface area contributed by atoms with E-state index in [0.717, 1.165) is 28.0 Å². The highest BCUT2D eigenvalue weighted by Crippen LogP contribution is 2.38. The van der Waals surface area contributed by atoms with Gasteiger partial charge in [-0.25, -0.2) is 5.84 Å². The Balaban J connectivity index is 3.59. The Bertz CT molecular complexity index is 479. The third-order valence-electron chi connectivity index (χ3n) is 3.51. The van der Waals surface area contributed by atoms with Gasteiger partial charge in [-0.2, -0.15) is 0 Å². The van der Waals surface area contributed by atoms with E-state index in [1.807, 2.05) is 34.6 Å². The third kappa shape index (κ3) is 2.20. The van der Waals surface area contributed by atoms with Crippen molar-refractivity contribution in [2.75, 3.05) is 7.11 Å². The van der Waals surface area contributed by atoms with Crippen LogP contribution in [0, 0.1) is 20.8 Å². The van der Waals surface area contributed by atoms with Crippen molar-refractivity contribution in [2.24, 2.45) is 5.84 Å². The summed E-state index contributed by atoms with van der Waals surface area (Å²) in [4.78, 5) is 12.0. The molecule has 100 valence electrons. The monoisotopic (exact) mass is 250 g/mol. The second kappa shape index (κ2) is 4.98. The molecule has 0 heterocycles. The molecule has 0 aromatic heterocycles. The molecule has 0 aliphatic carbocycles. The fourth-order valence-electron chi connectivity index (χ4n) is 2.38. The Morgan fingerprint density at radius 1 is 1.28 bits per heavy atom. The van der Waals surface area contributed by atoms with Gasteiger partial charge >= 0.3 is 0 Å². The predicted octanol–water partition coefficient (Wildman–Crippen LogP) is 1.89. The molecular weight excluding hydrogens is 228 g/mol. The summed E-state index contributed by atoms with van der Waals surface area (Å²) >= 11 is 0. The molecule has 1 amide bonds. The fourth-order valence-corrected chi connectivity index (χ4v) is 2.38. The summed E-state index contributed by atoms with van der Waals surface area (Å²) in [6.45, 7) is 9.69. The zero-order valence-corrected chi connectivity index (χ0v) is 12.0. The van der Waals surface area contributed by atoms with Crippen LogP contribution in [0.15, 0.2) is 6.07 Å². The molecule has 1 rings (SSSR count). The molecule has 0 saturated carbocycles. The number of aryl methyl sites for hydroxylation is 2. The van der Waals surface area contributed by atoms with Gasteiger partial charge in [0.25, 0.3) is 0 Å². The molecule has 0 bridgehead atoms. The molecule has 1 aromatic rings. The minimum absolute atomic E-state index is 0.229. The van der Waals surface area contributed by atoms with Crippen LogP contribution in [0.4, 0.5) is 0 Å². The summed E-state index contributed by atoms with van der Waals surface area (Å²) in [7, 11) is 1.63. The first kappa shape index (κ1) is 14.5. The molecule has 0 aliphatic rings. The van der Waals surface area contributed by atoms with E-state index < -0.39 is 5.41 Å². The van der Waals surface area contributed by atoms with Crippen LogP contribution in [-0.2, 0) is 10.2 Å². The number of benzene rings is 1. The molecule has 4 heteroatoms. The quantitative estimate of drug-likeness (QED) is 0.489. The van der Waals surface area contributed by atoms with Crippen LogP contribution in [0.25, 0.3) is 0 Å². The molecule has 4 nitrogen and oxygen atoms in total. The van der Waals surface area contributed by atoms with Crippen molar-refractivity contribution >= 4 is 5.91 Å². The molecule has 0 fully saturated rings. The lowest BCUT2D eigenvalue weighted by atomic mass is 9.79. The lowest BCUT2D eigenvalue weighted by Crippen LogP contribution is -2.44. The van der Waals surface area contributed by atoms with Crippen LogP contribution in [0.5, 0.6) is 5.75 Å². The zero-order chi connectivity index (χ0) is 14.1. The van der Waals surface area contributed by atoms with E-state index in [1.165, 1.54) is 0 Å². The van der Waals surface area contributed by atoms with Crippen LogP contribution in [0.3, 0.4) is 0 Å². The maximum Gasteiger partial charge on any atom is 0.244 e. The smallest absolute Gasteiger partial charge is 0.244 e. The number of amides is 1. The molecule has 0 unspecified atom stereocenters. The van der Waals surface area contributed by atoms with Gasteiger partial charge in [-0.15, -0.1) is 0 Å². The summed E-state index contributed by atoms with van der Waals surface area (Å²) in [5.41, 5.74) is 5.61. The normalized spacial score (nSPS) is 11.3. The number of ether oxygens (including phenoxy) is 1. The van der Waals surface area contributed by atoms with Gasteiger partial charge < -0.3 is 4.74 Å². The maximum atomic E-state index is 12.0. The van der Waals surface area contributed by atoms with Crippen LogP contribution in [0.2, 0.25) is 0 Å². The first-order valence-electron chi connectivity index (χ1n) is 5.93. The van der Waals surface area contributed by atoms with Gasteiger partial charge in [0.2, 0.25) is 5.91 Å². The average Bonchev–Trinajstić information content (AvgIpc) is 2.31. The Hall–Kier alpha value is -1.55. The molecule has 0 radical (unpaired) electrons. The lowest BCUT2D eigenvalue weighted by molar-refractivity contribution is -0.125. The summed E-state index contributed by atoms with van der Waals surface area (Å²) in [5.74, 6) is 5.80. The second-order valence-corrected chi connectivity index (χ2v) is 5.14. The summed E-state index contributed by atoms with van der Waals surface area (Å²) in [6, 6.07) is 2.07. The van der Waals surface area contributed by atoms with Crippen molar-refractivity contribution in [1.82, 2.24) is 5.43 Å². The Labute approximate surface area is 108 Å². The van der Waals surface area contributed by atoms with E-state index in [2.05, 4.69) is 11.5 Å². The van der Waals surface area contributed by atoms with Crippen LogP contribution in [0.1, 0.15) is 36.1 Å². The fraction of sp³-hybridized carbons (Fsp3) is 0.500. The molecule has 0 atom stereocenters. The Morgan fingerprint density at radius 2 is 1.83 bits per heavy atom. The van der Waals surface area contributed by atoms with Crippen molar-refractivity contribution < 1.29 is 9.53 Å². The van der Waals surface area contributed by atoms with Crippen molar-refractivity contribution in [3.63, 3.8) is 0 Å². The highest BCUT2D eigenvalue weighted by molar-refractivity contribution is 5.88. The van der Waals surface area contributed by atoms with Gasteiger partial charge in [0.1, 0.15) is 5.75 Å². The third-order valence-corrected chi connectivity index (χ3v) is 3.51. The number of rotatable bonds is 3. The van der Waals surface area contributed by atoms with E-state index in [0.29, 0.717) is 0 Å². The van der Waals surface area contributed by atoms with Crippen LogP contribution in [-0.4, -0.2) is 13.0 Å². The molecule has 1 aromatic carbocycles. The maximum absolute atomic E-state index is 12.0. The zero-order valence-electron chi connectivity index (χ0n) is 12.0. The minimum Gasteiger partial charge on any atom is -0.496 e. The van der Waals surface area contributed by atoms with Gasteiger partial charge in [-0.1, -0.05) is 6.07 Å². The molecule has 0 saturated heterocycles. The number of hydrogen-bond acceptors (Lipinski definition) is 3. The number of hydrazine groups is 1. The summed E-state index contributed by atoms with van der Waals surface area (Å²) in [6.07, 6.45) is 0. The molecule has 0 aliphatic heterocycles. The second-order valence-electron chi connectivity index (χ2n) is 5.14. The van der Waals surface area contributed by atoms with E-state index in [1.54, 1.807) is 7.11 Å². The van der Waals surface area contributed by atoms with Crippen molar-refractivity contribution in [2.45, 2.75) is 40.0 Å². The molecule has 3 N–H and O–H groups in total. The Kier molecular flexibility index (Phi) is 4.02. The number of nitrogens with one attached hydrogen (secondary N) is 1. The van der Waals surface area contributed by atoms with E-state index in [9.17, 15) is 4.79 Å². The van der Waals surface area contributed by atoms with Gasteiger partial charge in [0, 0.05) is 5.56 Å². The largest absolute Gasteiger partial charge is 0.496 e. The number of hydrogen-bond donors (Lipinski definition) is 2. The summed E-state index contributed by atoms with van der Waals surface area (Å²) in [5, 5.41) is 0. The van der Waals surface area contributed by atoms with E-state index in [-0.39, 0.29) is 5.91 Å². The number of nitrogens with two attached hydrogens (primary N) is 1. The molecule has 18 heavy (non-hydrogen) atoms. The first-order valence-corrected chi connectivity index (χ1v) is 5.93. The topological polar surface area (TPSA) is 64.3 Å².